The molecular formula is C22H21N5O2. The number of pyridine rings is 1. The summed E-state index contributed by atoms with van der Waals surface area (Å²) in [6.45, 7) is 5.84. The van der Waals surface area contributed by atoms with Crippen LogP contribution in [0.3, 0.4) is 0 Å². The fraction of sp³-hybridized carbons (Fsp3) is 0.273. The summed E-state index contributed by atoms with van der Waals surface area (Å²) >= 11 is 0. The largest absolute Gasteiger partial charge is 0.497 e. The molecule has 7 heteroatoms. The second-order valence-electron chi connectivity index (χ2n) is 7.58. The van der Waals surface area contributed by atoms with Crippen LogP contribution >= 0.6 is 0 Å². The zero-order valence-electron chi connectivity index (χ0n) is 16.8. The van der Waals surface area contributed by atoms with Crippen LogP contribution in [0.4, 0.5) is 5.69 Å². The van der Waals surface area contributed by atoms with Gasteiger partial charge in [0.2, 0.25) is 0 Å². The van der Waals surface area contributed by atoms with Crippen molar-refractivity contribution in [2.45, 2.75) is 32.9 Å². The lowest BCUT2D eigenvalue weighted by Gasteiger charge is -2.16. The number of hydrogen-bond acceptors (Lipinski definition) is 5. The summed E-state index contributed by atoms with van der Waals surface area (Å²) < 4.78 is 6.88. The number of aromatic nitrogens is 3. The Kier molecular flexibility index (Phi) is 4.35. The second kappa shape index (κ2) is 6.74. The minimum absolute atomic E-state index is 0.100. The summed E-state index contributed by atoms with van der Waals surface area (Å²) in [5.41, 5.74) is 3.84. The maximum absolute atomic E-state index is 13.1. The lowest BCUT2D eigenvalue weighted by Crippen LogP contribution is -2.25. The number of carbonyl (C=O) groups excluding carboxylic acids is 1. The third-order valence-electron chi connectivity index (χ3n) is 5.15. The van der Waals surface area contributed by atoms with Gasteiger partial charge in [-0.2, -0.15) is 10.4 Å². The average Bonchev–Trinajstić information content (AvgIpc) is 3.33. The van der Waals surface area contributed by atoms with Crippen molar-refractivity contribution in [3.05, 3.63) is 59.5 Å². The monoisotopic (exact) mass is 387 g/mol. The fourth-order valence-electron chi connectivity index (χ4n) is 3.45. The first-order chi connectivity index (χ1) is 13.8. The first-order valence-corrected chi connectivity index (χ1v) is 9.27. The number of rotatable bonds is 4. The van der Waals surface area contributed by atoms with Crippen LogP contribution in [0.25, 0.3) is 11.3 Å². The predicted octanol–water partition coefficient (Wildman–Crippen LogP) is 3.68. The smallest absolute Gasteiger partial charge is 0.260 e. The van der Waals surface area contributed by atoms with Crippen molar-refractivity contribution in [3.8, 4) is 23.1 Å². The number of benzene rings is 1. The van der Waals surface area contributed by atoms with Crippen molar-refractivity contribution in [1.82, 2.24) is 14.8 Å². The van der Waals surface area contributed by atoms with Gasteiger partial charge in [-0.3, -0.25) is 19.4 Å². The van der Waals surface area contributed by atoms with E-state index in [0.29, 0.717) is 17.8 Å². The molecule has 0 bridgehead atoms. The number of anilines is 1. The van der Waals surface area contributed by atoms with Crippen molar-refractivity contribution < 1.29 is 9.53 Å². The summed E-state index contributed by atoms with van der Waals surface area (Å²) in [6.07, 6.45) is 3.34. The number of methoxy groups -OCH3 is 1. The average molecular weight is 387 g/mol. The van der Waals surface area contributed by atoms with E-state index in [-0.39, 0.29) is 5.91 Å². The van der Waals surface area contributed by atoms with E-state index in [1.165, 1.54) is 0 Å². The maximum atomic E-state index is 13.1. The van der Waals surface area contributed by atoms with Gasteiger partial charge in [0, 0.05) is 5.56 Å². The molecule has 1 aliphatic rings. The highest BCUT2D eigenvalue weighted by molar-refractivity contribution is 6.10. The molecule has 4 rings (SSSR count). The SMILES string of the molecule is COc1cccc(-c2cc(C)c3c(n2)CN(c2cnn(C(C)(C)C#N)c2)C3=O)c1. The number of nitrogens with zero attached hydrogens (tertiary/aromatic N) is 5. The van der Waals surface area contributed by atoms with E-state index < -0.39 is 5.54 Å². The Morgan fingerprint density at radius 1 is 1.28 bits per heavy atom. The lowest BCUT2D eigenvalue weighted by atomic mass is 10.0. The van der Waals surface area contributed by atoms with Gasteiger partial charge in [0.25, 0.3) is 5.91 Å². The quantitative estimate of drug-likeness (QED) is 0.682. The van der Waals surface area contributed by atoms with Gasteiger partial charge in [-0.25, -0.2) is 0 Å². The third kappa shape index (κ3) is 3.13. The topological polar surface area (TPSA) is 84.0 Å². The van der Waals surface area contributed by atoms with Crippen molar-refractivity contribution in [2.24, 2.45) is 0 Å². The summed E-state index contributed by atoms with van der Waals surface area (Å²) in [5, 5.41) is 13.6. The summed E-state index contributed by atoms with van der Waals surface area (Å²) in [5.74, 6) is 0.657. The summed E-state index contributed by atoms with van der Waals surface area (Å²) in [7, 11) is 1.63. The van der Waals surface area contributed by atoms with Gasteiger partial charge in [-0.15, -0.1) is 0 Å². The van der Waals surface area contributed by atoms with Crippen LogP contribution in [-0.2, 0) is 12.1 Å². The third-order valence-corrected chi connectivity index (χ3v) is 5.15. The number of carbonyl (C=O) groups is 1. The van der Waals surface area contributed by atoms with Gasteiger partial charge in [-0.1, -0.05) is 12.1 Å². The zero-order valence-corrected chi connectivity index (χ0v) is 16.8. The zero-order chi connectivity index (χ0) is 20.8. The van der Waals surface area contributed by atoms with Gasteiger partial charge in [0.05, 0.1) is 54.8 Å². The molecule has 0 atom stereocenters. The molecule has 0 saturated carbocycles. The van der Waals surface area contributed by atoms with Gasteiger partial charge < -0.3 is 4.74 Å². The number of nitriles is 1. The molecule has 0 saturated heterocycles. The Morgan fingerprint density at radius 3 is 2.79 bits per heavy atom. The molecule has 1 aliphatic heterocycles. The van der Waals surface area contributed by atoms with E-state index in [1.54, 1.807) is 42.9 Å². The molecule has 2 aromatic heterocycles. The molecule has 0 aliphatic carbocycles. The van der Waals surface area contributed by atoms with Gasteiger partial charge in [-0.05, 0) is 44.5 Å². The highest BCUT2D eigenvalue weighted by Crippen LogP contribution is 2.33. The van der Waals surface area contributed by atoms with Crippen LogP contribution in [0, 0.1) is 18.3 Å². The first-order valence-electron chi connectivity index (χ1n) is 9.27. The Labute approximate surface area is 169 Å². The molecule has 1 amide bonds. The summed E-state index contributed by atoms with van der Waals surface area (Å²) in [6, 6.07) is 11.8. The first kappa shape index (κ1) is 18.7. The molecule has 29 heavy (non-hydrogen) atoms. The second-order valence-corrected chi connectivity index (χ2v) is 7.58. The van der Waals surface area contributed by atoms with Gasteiger partial charge in [0.1, 0.15) is 11.3 Å². The minimum atomic E-state index is -0.790. The maximum Gasteiger partial charge on any atom is 0.260 e. The summed E-state index contributed by atoms with van der Waals surface area (Å²) in [4.78, 5) is 19.5. The van der Waals surface area contributed by atoms with E-state index in [2.05, 4.69) is 11.2 Å². The van der Waals surface area contributed by atoms with Crippen molar-refractivity contribution in [1.29, 1.82) is 5.26 Å². The van der Waals surface area contributed by atoms with Crippen molar-refractivity contribution in [2.75, 3.05) is 12.0 Å². The number of amides is 1. The normalized spacial score (nSPS) is 13.3. The van der Waals surface area contributed by atoms with E-state index in [4.69, 9.17) is 9.72 Å². The van der Waals surface area contributed by atoms with E-state index >= 15 is 0 Å². The number of ether oxygens (including phenoxy) is 1. The molecule has 0 fully saturated rings. The Hall–Kier alpha value is -3.66. The Morgan fingerprint density at radius 2 is 2.07 bits per heavy atom. The predicted molar refractivity (Wildman–Crippen MR) is 109 cm³/mol. The molecule has 146 valence electrons. The number of fused-ring (bicyclic) bond motifs is 1. The minimum Gasteiger partial charge on any atom is -0.497 e. The highest BCUT2D eigenvalue weighted by atomic mass is 16.5. The van der Waals surface area contributed by atoms with Crippen molar-refractivity contribution >= 4 is 11.6 Å². The fourth-order valence-corrected chi connectivity index (χ4v) is 3.45. The molecule has 1 aromatic carbocycles. The standard InChI is InChI=1S/C22H21N5O2/c1-14-8-18(15-6-5-7-17(9-15)29-4)25-19-12-26(21(28)20(14)19)16-10-24-27(11-16)22(2,3)13-23/h5-11H,12H2,1-4H3. The molecule has 3 aromatic rings. The van der Waals surface area contributed by atoms with Gasteiger partial charge >= 0.3 is 0 Å². The molecule has 3 heterocycles. The van der Waals surface area contributed by atoms with E-state index in [0.717, 1.165) is 28.3 Å². The molecular weight excluding hydrogens is 366 g/mol. The number of hydrogen-bond donors (Lipinski definition) is 0. The Balaban J connectivity index is 1.70. The van der Waals surface area contributed by atoms with Crippen LogP contribution in [0.1, 0.15) is 35.5 Å². The van der Waals surface area contributed by atoms with E-state index in [9.17, 15) is 10.1 Å². The lowest BCUT2D eigenvalue weighted by molar-refractivity contribution is 0.0996. The molecule has 0 N–H and O–H groups in total. The van der Waals surface area contributed by atoms with Crippen LogP contribution in [-0.4, -0.2) is 27.8 Å². The Bertz CT molecular complexity index is 1160. The molecule has 7 nitrogen and oxygen atoms in total. The molecule has 0 unspecified atom stereocenters. The van der Waals surface area contributed by atoms with Crippen LogP contribution in [0.5, 0.6) is 5.75 Å². The van der Waals surface area contributed by atoms with E-state index in [1.807, 2.05) is 37.3 Å². The number of aryl methyl sites for hydroxylation is 1. The highest BCUT2D eigenvalue weighted by Gasteiger charge is 2.33. The van der Waals surface area contributed by atoms with Crippen LogP contribution in [0.15, 0.2) is 42.7 Å². The molecule has 0 spiro atoms. The van der Waals surface area contributed by atoms with Crippen LogP contribution < -0.4 is 9.64 Å². The van der Waals surface area contributed by atoms with Crippen LogP contribution in [0.2, 0.25) is 0 Å². The van der Waals surface area contributed by atoms with Gasteiger partial charge in [0.15, 0.2) is 0 Å². The molecule has 0 radical (unpaired) electrons. The van der Waals surface area contributed by atoms with Crippen molar-refractivity contribution in [3.63, 3.8) is 0 Å².